The molecular weight excluding hydrogens is 469 g/mol. The molecule has 1 aromatic rings. The summed E-state index contributed by atoms with van der Waals surface area (Å²) in [5.41, 5.74) is 0.771. The van der Waals surface area contributed by atoms with Crippen molar-refractivity contribution < 1.29 is 18.8 Å². The van der Waals surface area contributed by atoms with Gasteiger partial charge in [-0.25, -0.2) is 19.2 Å². The van der Waals surface area contributed by atoms with Gasteiger partial charge in [0.2, 0.25) is 11.8 Å². The number of carbonyl (C=O) groups is 3. The Bertz CT molecular complexity index is 988. The lowest BCUT2D eigenvalue weighted by Gasteiger charge is -2.55. The minimum Gasteiger partial charge on any atom is -0.337 e. The van der Waals surface area contributed by atoms with E-state index in [2.05, 4.69) is 11.4 Å². The van der Waals surface area contributed by atoms with E-state index in [4.69, 9.17) is 0 Å². The summed E-state index contributed by atoms with van der Waals surface area (Å²) in [6, 6.07) is 5.01. The first-order valence-corrected chi connectivity index (χ1v) is 13.2. The maximum atomic E-state index is 13.6. The molecule has 3 heterocycles. The number of allylic oxidation sites excluding steroid dienone is 1. The lowest BCUT2D eigenvalue weighted by Crippen LogP contribution is -2.76. The fraction of sp³-hybridized carbons (Fsp3) is 0.560. The lowest BCUT2D eigenvalue weighted by molar-refractivity contribution is -0.190. The van der Waals surface area contributed by atoms with Gasteiger partial charge >= 0.3 is 6.03 Å². The SMILES string of the molecule is CCC(C)[C@H]1C(=O)N(CCC2=CCCS2)C[C@H]2N1C(=O)CN(C)N2C(=O)NCc1ccc(F)cc1. The number of amides is 4. The Morgan fingerprint density at radius 3 is 2.66 bits per heavy atom. The van der Waals surface area contributed by atoms with Gasteiger partial charge in [-0.05, 0) is 41.4 Å². The van der Waals surface area contributed by atoms with Crippen molar-refractivity contribution in [1.82, 2.24) is 25.1 Å². The Balaban J connectivity index is 1.56. The molecule has 0 spiro atoms. The van der Waals surface area contributed by atoms with Crippen LogP contribution < -0.4 is 5.32 Å². The number of carbonyl (C=O) groups excluding carboxylic acids is 3. The van der Waals surface area contributed by atoms with Gasteiger partial charge < -0.3 is 15.1 Å². The Labute approximate surface area is 210 Å². The number of likely N-dealkylation sites (N-methyl/N-ethyl adjacent to an activating group) is 1. The van der Waals surface area contributed by atoms with Gasteiger partial charge in [-0.1, -0.05) is 38.5 Å². The van der Waals surface area contributed by atoms with Crippen molar-refractivity contribution in [3.05, 3.63) is 46.6 Å². The number of hydrogen-bond acceptors (Lipinski definition) is 5. The Kier molecular flexibility index (Phi) is 8.01. The quantitative estimate of drug-likeness (QED) is 0.619. The van der Waals surface area contributed by atoms with E-state index in [1.165, 1.54) is 17.0 Å². The van der Waals surface area contributed by atoms with Crippen molar-refractivity contribution in [2.75, 3.05) is 32.4 Å². The minimum absolute atomic E-state index is 0.0181. The zero-order valence-corrected chi connectivity index (χ0v) is 21.4. The van der Waals surface area contributed by atoms with Crippen molar-refractivity contribution in [3.63, 3.8) is 0 Å². The Hall–Kier alpha value is -2.59. The number of hydrazine groups is 1. The van der Waals surface area contributed by atoms with Crippen molar-refractivity contribution in [2.45, 2.75) is 51.9 Å². The van der Waals surface area contributed by atoms with Crippen LogP contribution in [0.2, 0.25) is 0 Å². The molecule has 3 atom stereocenters. The highest BCUT2D eigenvalue weighted by Crippen LogP contribution is 2.32. The van der Waals surface area contributed by atoms with Crippen LogP contribution in [-0.2, 0) is 16.1 Å². The summed E-state index contributed by atoms with van der Waals surface area (Å²) in [7, 11) is 1.71. The highest BCUT2D eigenvalue weighted by atomic mass is 32.2. The number of nitrogens with one attached hydrogen (secondary N) is 1. The Morgan fingerprint density at radius 2 is 2.00 bits per heavy atom. The topological polar surface area (TPSA) is 76.2 Å². The van der Waals surface area contributed by atoms with Crippen LogP contribution in [0.15, 0.2) is 35.2 Å². The van der Waals surface area contributed by atoms with Crippen molar-refractivity contribution in [2.24, 2.45) is 5.92 Å². The number of nitrogens with zero attached hydrogens (tertiary/aromatic N) is 4. The van der Waals surface area contributed by atoms with Gasteiger partial charge in [0.05, 0.1) is 13.1 Å². The molecule has 0 saturated carbocycles. The summed E-state index contributed by atoms with van der Waals surface area (Å²) in [5.74, 6) is 0.525. The molecule has 35 heavy (non-hydrogen) atoms. The molecule has 4 amide bonds. The number of halogens is 1. The van der Waals surface area contributed by atoms with E-state index in [1.54, 1.807) is 34.1 Å². The standard InChI is InChI=1S/C25H34FN5O3S/c1-4-17(2)23-24(33)29(12-11-20-6-5-13-35-20)15-21-30(23)22(32)16-28(3)31(21)25(34)27-14-18-7-9-19(26)10-8-18/h6-10,17,21,23H,4-5,11-16H2,1-3H3,(H,27,34)/t17?,21-,23-/m0/s1. The number of hydrogen-bond donors (Lipinski definition) is 1. The lowest BCUT2D eigenvalue weighted by atomic mass is 9.92. The van der Waals surface area contributed by atoms with E-state index in [1.807, 2.05) is 30.5 Å². The summed E-state index contributed by atoms with van der Waals surface area (Å²) < 4.78 is 13.2. The Morgan fingerprint density at radius 1 is 1.26 bits per heavy atom. The van der Waals surface area contributed by atoms with E-state index in [0.29, 0.717) is 6.54 Å². The van der Waals surface area contributed by atoms with Crippen LogP contribution in [-0.4, -0.2) is 82.3 Å². The van der Waals surface area contributed by atoms with E-state index in [9.17, 15) is 18.8 Å². The van der Waals surface area contributed by atoms with Gasteiger partial charge in [-0.3, -0.25) is 9.59 Å². The summed E-state index contributed by atoms with van der Waals surface area (Å²) in [6.07, 6.45) is 4.23. The van der Waals surface area contributed by atoms with E-state index >= 15 is 0 Å². The van der Waals surface area contributed by atoms with Crippen molar-refractivity contribution in [1.29, 1.82) is 0 Å². The molecule has 0 radical (unpaired) electrons. The molecule has 3 aliphatic heterocycles. The third kappa shape index (κ3) is 5.48. The zero-order valence-electron chi connectivity index (χ0n) is 20.6. The van der Waals surface area contributed by atoms with E-state index in [-0.39, 0.29) is 49.2 Å². The predicted octanol–water partition coefficient (Wildman–Crippen LogP) is 3.02. The molecule has 0 aromatic heterocycles. The number of thioether (sulfide) groups is 1. The van der Waals surface area contributed by atoms with Gasteiger partial charge in [-0.15, -0.1) is 11.8 Å². The smallest absolute Gasteiger partial charge is 0.334 e. The van der Waals surface area contributed by atoms with E-state index < -0.39 is 12.2 Å². The molecule has 2 saturated heterocycles. The monoisotopic (exact) mass is 503 g/mol. The van der Waals surface area contributed by atoms with Crippen LogP contribution in [0.1, 0.15) is 38.7 Å². The van der Waals surface area contributed by atoms with E-state index in [0.717, 1.165) is 30.6 Å². The van der Waals surface area contributed by atoms with Crippen LogP contribution in [0.4, 0.5) is 9.18 Å². The number of piperazine rings is 1. The second kappa shape index (κ2) is 11.0. The minimum atomic E-state index is -0.599. The predicted molar refractivity (Wildman–Crippen MR) is 133 cm³/mol. The number of fused-ring (bicyclic) bond motifs is 1. The maximum Gasteiger partial charge on any atom is 0.334 e. The molecular formula is C25H34FN5O3S. The van der Waals surface area contributed by atoms with Gasteiger partial charge in [0.15, 0.2) is 0 Å². The number of urea groups is 1. The molecule has 190 valence electrons. The van der Waals surface area contributed by atoms with Crippen LogP contribution >= 0.6 is 11.8 Å². The molecule has 1 aromatic carbocycles. The first kappa shape index (κ1) is 25.5. The summed E-state index contributed by atoms with van der Waals surface area (Å²) in [6.45, 7) is 5.08. The molecule has 3 aliphatic rings. The van der Waals surface area contributed by atoms with Crippen LogP contribution in [0.25, 0.3) is 0 Å². The molecule has 4 rings (SSSR count). The van der Waals surface area contributed by atoms with Gasteiger partial charge in [0.25, 0.3) is 0 Å². The highest BCUT2D eigenvalue weighted by molar-refractivity contribution is 8.03. The average molecular weight is 504 g/mol. The van der Waals surface area contributed by atoms with Gasteiger partial charge in [-0.2, -0.15) is 0 Å². The first-order valence-electron chi connectivity index (χ1n) is 12.2. The van der Waals surface area contributed by atoms with Crippen molar-refractivity contribution in [3.8, 4) is 0 Å². The normalized spacial score (nSPS) is 23.9. The second-order valence-corrected chi connectivity index (χ2v) is 10.6. The fourth-order valence-electron chi connectivity index (χ4n) is 4.95. The molecule has 10 heteroatoms. The second-order valence-electron chi connectivity index (χ2n) is 9.40. The molecule has 2 fully saturated rings. The van der Waals surface area contributed by atoms with Crippen LogP contribution in [0.5, 0.6) is 0 Å². The maximum absolute atomic E-state index is 13.6. The summed E-state index contributed by atoms with van der Waals surface area (Å²) >= 11 is 1.83. The van der Waals surface area contributed by atoms with Crippen molar-refractivity contribution >= 4 is 29.6 Å². The zero-order chi connectivity index (χ0) is 25.1. The average Bonchev–Trinajstić information content (AvgIpc) is 3.36. The van der Waals surface area contributed by atoms with Gasteiger partial charge in [0, 0.05) is 25.9 Å². The van der Waals surface area contributed by atoms with Crippen LogP contribution in [0.3, 0.4) is 0 Å². The molecule has 1 unspecified atom stereocenters. The summed E-state index contributed by atoms with van der Waals surface area (Å²) in [5, 5.41) is 6.08. The molecule has 1 N–H and O–H groups in total. The first-order chi connectivity index (χ1) is 16.8. The molecule has 8 nitrogen and oxygen atoms in total. The van der Waals surface area contributed by atoms with Gasteiger partial charge in [0.1, 0.15) is 18.0 Å². The largest absolute Gasteiger partial charge is 0.337 e. The third-order valence-electron chi connectivity index (χ3n) is 7.02. The summed E-state index contributed by atoms with van der Waals surface area (Å²) in [4.78, 5) is 44.9. The molecule has 0 bridgehead atoms. The highest BCUT2D eigenvalue weighted by Gasteiger charge is 2.51. The number of rotatable bonds is 7. The fourth-order valence-corrected chi connectivity index (χ4v) is 5.92. The third-order valence-corrected chi connectivity index (χ3v) is 8.21. The van der Waals surface area contributed by atoms with Crippen LogP contribution in [0, 0.1) is 11.7 Å². The molecule has 0 aliphatic carbocycles. The number of benzene rings is 1.